The van der Waals surface area contributed by atoms with E-state index in [1.54, 1.807) is 6.07 Å². The Morgan fingerprint density at radius 3 is 2.50 bits per heavy atom. The molecule has 0 atom stereocenters. The molecule has 0 radical (unpaired) electrons. The lowest BCUT2D eigenvalue weighted by molar-refractivity contribution is 0.432. The third-order valence-corrected chi connectivity index (χ3v) is 2.65. The minimum atomic E-state index is -0.550. The standard InChI is InChI=1S/C11H14FNO/c12-10-5-4-9(8-11(10)14)13-6-2-1-3-7-13/h4-5,8,14H,1-3,6-7H2. The van der Waals surface area contributed by atoms with Crippen molar-refractivity contribution < 1.29 is 9.50 Å². The molecule has 1 aromatic rings. The largest absolute Gasteiger partial charge is 0.505 e. The number of piperidine rings is 1. The molecule has 1 fully saturated rings. The molecule has 0 aliphatic carbocycles. The van der Waals surface area contributed by atoms with Gasteiger partial charge in [-0.05, 0) is 31.4 Å². The quantitative estimate of drug-likeness (QED) is 0.744. The predicted octanol–water partition coefficient (Wildman–Crippen LogP) is 2.52. The minimum absolute atomic E-state index is 0.256. The van der Waals surface area contributed by atoms with Crippen molar-refractivity contribution in [1.82, 2.24) is 0 Å². The molecule has 3 heteroatoms. The summed E-state index contributed by atoms with van der Waals surface area (Å²) in [7, 11) is 0. The van der Waals surface area contributed by atoms with Crippen molar-refractivity contribution in [2.24, 2.45) is 0 Å². The van der Waals surface area contributed by atoms with Crippen molar-refractivity contribution in [2.45, 2.75) is 19.3 Å². The summed E-state index contributed by atoms with van der Waals surface area (Å²) in [6.45, 7) is 2.01. The van der Waals surface area contributed by atoms with E-state index in [0.717, 1.165) is 18.8 Å². The number of hydrogen-bond donors (Lipinski definition) is 1. The van der Waals surface area contributed by atoms with E-state index in [2.05, 4.69) is 4.90 Å². The SMILES string of the molecule is Oc1cc(N2CCCCC2)ccc1F. The van der Waals surface area contributed by atoms with Crippen LogP contribution >= 0.6 is 0 Å². The number of rotatable bonds is 1. The number of phenolic OH excluding ortho intramolecular Hbond substituents is 1. The molecule has 0 bridgehead atoms. The summed E-state index contributed by atoms with van der Waals surface area (Å²) in [5, 5.41) is 9.23. The van der Waals surface area contributed by atoms with Gasteiger partial charge in [0.1, 0.15) is 0 Å². The van der Waals surface area contributed by atoms with Crippen molar-refractivity contribution >= 4 is 5.69 Å². The second kappa shape index (κ2) is 3.86. The Bertz CT molecular complexity index is 321. The summed E-state index contributed by atoms with van der Waals surface area (Å²) in [5.41, 5.74) is 0.920. The summed E-state index contributed by atoms with van der Waals surface area (Å²) in [6, 6.07) is 4.54. The molecular formula is C11H14FNO. The highest BCUT2D eigenvalue weighted by Gasteiger charge is 2.12. The molecule has 0 unspecified atom stereocenters. The summed E-state index contributed by atoms with van der Waals surface area (Å²) in [6.07, 6.45) is 3.62. The van der Waals surface area contributed by atoms with Crippen LogP contribution in [0.1, 0.15) is 19.3 Å². The molecule has 1 saturated heterocycles. The van der Waals surface area contributed by atoms with Gasteiger partial charge in [0.05, 0.1) is 0 Å². The van der Waals surface area contributed by atoms with E-state index in [1.165, 1.54) is 31.4 Å². The monoisotopic (exact) mass is 195 g/mol. The Kier molecular flexibility index (Phi) is 2.57. The highest BCUT2D eigenvalue weighted by molar-refractivity contribution is 5.51. The first-order valence-electron chi connectivity index (χ1n) is 5.01. The first kappa shape index (κ1) is 9.31. The molecule has 2 rings (SSSR count). The molecule has 1 aliphatic rings. The van der Waals surface area contributed by atoms with Crippen LogP contribution in [-0.2, 0) is 0 Å². The molecule has 1 aromatic carbocycles. The molecular weight excluding hydrogens is 181 g/mol. The van der Waals surface area contributed by atoms with Crippen LogP contribution < -0.4 is 4.90 Å². The molecule has 1 heterocycles. The van der Waals surface area contributed by atoms with Crippen molar-refractivity contribution in [3.8, 4) is 5.75 Å². The van der Waals surface area contributed by atoms with Gasteiger partial charge in [-0.25, -0.2) is 4.39 Å². The van der Waals surface area contributed by atoms with E-state index in [0.29, 0.717) is 0 Å². The molecule has 0 saturated carbocycles. The number of nitrogens with zero attached hydrogens (tertiary/aromatic N) is 1. The van der Waals surface area contributed by atoms with Gasteiger partial charge in [0.15, 0.2) is 11.6 Å². The fraction of sp³-hybridized carbons (Fsp3) is 0.455. The van der Waals surface area contributed by atoms with Gasteiger partial charge < -0.3 is 10.0 Å². The Balaban J connectivity index is 2.18. The highest BCUT2D eigenvalue weighted by atomic mass is 19.1. The Hall–Kier alpha value is -1.25. The van der Waals surface area contributed by atoms with E-state index in [-0.39, 0.29) is 5.75 Å². The zero-order chi connectivity index (χ0) is 9.97. The van der Waals surface area contributed by atoms with Gasteiger partial charge in [0.25, 0.3) is 0 Å². The molecule has 0 aromatic heterocycles. The first-order valence-corrected chi connectivity index (χ1v) is 5.01. The van der Waals surface area contributed by atoms with Gasteiger partial charge in [0, 0.05) is 24.8 Å². The van der Waals surface area contributed by atoms with Gasteiger partial charge >= 0.3 is 0 Å². The number of benzene rings is 1. The van der Waals surface area contributed by atoms with Crippen LogP contribution in [0.25, 0.3) is 0 Å². The molecule has 14 heavy (non-hydrogen) atoms. The molecule has 76 valence electrons. The topological polar surface area (TPSA) is 23.5 Å². The zero-order valence-corrected chi connectivity index (χ0v) is 8.04. The number of halogens is 1. The summed E-state index contributed by atoms with van der Waals surface area (Å²) in [5.74, 6) is -0.807. The van der Waals surface area contributed by atoms with E-state index in [4.69, 9.17) is 0 Å². The molecule has 1 aliphatic heterocycles. The third kappa shape index (κ3) is 1.81. The second-order valence-corrected chi connectivity index (χ2v) is 3.68. The fourth-order valence-electron chi connectivity index (χ4n) is 1.85. The summed E-state index contributed by atoms with van der Waals surface area (Å²) in [4.78, 5) is 2.18. The third-order valence-electron chi connectivity index (χ3n) is 2.65. The van der Waals surface area contributed by atoms with Crippen LogP contribution in [0.3, 0.4) is 0 Å². The number of hydrogen-bond acceptors (Lipinski definition) is 2. The van der Waals surface area contributed by atoms with Gasteiger partial charge in [-0.1, -0.05) is 0 Å². The van der Waals surface area contributed by atoms with Crippen LogP contribution in [0.4, 0.5) is 10.1 Å². The maximum Gasteiger partial charge on any atom is 0.164 e. The van der Waals surface area contributed by atoms with Crippen LogP contribution in [-0.4, -0.2) is 18.2 Å². The first-order chi connectivity index (χ1) is 6.77. The van der Waals surface area contributed by atoms with E-state index < -0.39 is 5.82 Å². The Labute approximate surface area is 83.0 Å². The number of phenols is 1. The van der Waals surface area contributed by atoms with Gasteiger partial charge in [-0.2, -0.15) is 0 Å². The van der Waals surface area contributed by atoms with Crippen molar-refractivity contribution in [2.75, 3.05) is 18.0 Å². The number of aromatic hydroxyl groups is 1. The zero-order valence-electron chi connectivity index (χ0n) is 8.04. The van der Waals surface area contributed by atoms with Crippen LogP contribution in [0, 0.1) is 5.82 Å². The smallest absolute Gasteiger partial charge is 0.164 e. The Morgan fingerprint density at radius 2 is 1.86 bits per heavy atom. The molecule has 0 spiro atoms. The lowest BCUT2D eigenvalue weighted by atomic mass is 10.1. The van der Waals surface area contributed by atoms with Crippen LogP contribution in [0.2, 0.25) is 0 Å². The summed E-state index contributed by atoms with van der Waals surface area (Å²) < 4.78 is 12.8. The maximum absolute atomic E-state index is 12.8. The van der Waals surface area contributed by atoms with Crippen LogP contribution in [0.5, 0.6) is 5.75 Å². The van der Waals surface area contributed by atoms with E-state index in [9.17, 15) is 9.50 Å². The molecule has 0 amide bonds. The molecule has 1 N–H and O–H groups in total. The second-order valence-electron chi connectivity index (χ2n) is 3.68. The van der Waals surface area contributed by atoms with Gasteiger partial charge in [-0.3, -0.25) is 0 Å². The average molecular weight is 195 g/mol. The van der Waals surface area contributed by atoms with E-state index >= 15 is 0 Å². The number of anilines is 1. The normalized spacial score (nSPS) is 17.1. The van der Waals surface area contributed by atoms with Gasteiger partial charge in [-0.15, -0.1) is 0 Å². The molecule has 2 nitrogen and oxygen atoms in total. The Morgan fingerprint density at radius 1 is 1.14 bits per heavy atom. The van der Waals surface area contributed by atoms with Crippen molar-refractivity contribution in [1.29, 1.82) is 0 Å². The lowest BCUT2D eigenvalue weighted by Crippen LogP contribution is -2.29. The fourth-order valence-corrected chi connectivity index (χ4v) is 1.85. The van der Waals surface area contributed by atoms with E-state index in [1.807, 2.05) is 0 Å². The average Bonchev–Trinajstić information content (AvgIpc) is 2.23. The predicted molar refractivity (Wildman–Crippen MR) is 54.1 cm³/mol. The summed E-state index contributed by atoms with van der Waals surface area (Å²) >= 11 is 0. The van der Waals surface area contributed by atoms with Gasteiger partial charge in [0.2, 0.25) is 0 Å². The van der Waals surface area contributed by atoms with Crippen LogP contribution in [0.15, 0.2) is 18.2 Å². The van der Waals surface area contributed by atoms with Crippen molar-refractivity contribution in [3.05, 3.63) is 24.0 Å². The lowest BCUT2D eigenvalue weighted by Gasteiger charge is -2.28. The highest BCUT2D eigenvalue weighted by Crippen LogP contribution is 2.25. The minimum Gasteiger partial charge on any atom is -0.505 e. The van der Waals surface area contributed by atoms with Crippen molar-refractivity contribution in [3.63, 3.8) is 0 Å². The maximum atomic E-state index is 12.8.